The van der Waals surface area contributed by atoms with Crippen LogP contribution in [0.4, 0.5) is 10.5 Å². The third-order valence-corrected chi connectivity index (χ3v) is 8.87. The van der Waals surface area contributed by atoms with E-state index in [-0.39, 0.29) is 41.2 Å². The maximum Gasteiger partial charge on any atom is 0.326 e. The van der Waals surface area contributed by atoms with Gasteiger partial charge in [-0.2, -0.15) is 0 Å². The summed E-state index contributed by atoms with van der Waals surface area (Å²) in [5.74, 6) is -0.399. The number of nitrogens with one attached hydrogen (secondary N) is 3. The number of halogens is 2. The number of carbonyl (C=O) groups excluding carboxylic acids is 3. The fraction of sp³-hybridized carbons (Fsp3) is 0.435. The highest BCUT2D eigenvalue weighted by Gasteiger charge is 2.51. The summed E-state index contributed by atoms with van der Waals surface area (Å²) >= 11 is 13.8. The van der Waals surface area contributed by atoms with Gasteiger partial charge < -0.3 is 20.9 Å². The summed E-state index contributed by atoms with van der Waals surface area (Å²) in [5.41, 5.74) is 1.34. The smallest absolute Gasteiger partial charge is 0.326 e. The molecule has 0 saturated carbocycles. The van der Waals surface area contributed by atoms with Gasteiger partial charge in [-0.15, -0.1) is 0 Å². The number of benzene rings is 1. The highest BCUT2D eigenvalue weighted by atomic mass is 35.5. The van der Waals surface area contributed by atoms with E-state index in [4.69, 9.17) is 23.2 Å². The molecule has 5 rings (SSSR count). The van der Waals surface area contributed by atoms with Crippen LogP contribution in [0.25, 0.3) is 0 Å². The molecule has 1 aromatic rings. The molecule has 0 spiro atoms. The summed E-state index contributed by atoms with van der Waals surface area (Å²) < 4.78 is 0. The Morgan fingerprint density at radius 1 is 1.24 bits per heavy atom. The largest absolute Gasteiger partial charge is 0.347 e. The van der Waals surface area contributed by atoms with E-state index in [0.29, 0.717) is 39.4 Å². The molecular weight excluding hydrogens is 497 g/mol. The monoisotopic (exact) mass is 521 g/mol. The van der Waals surface area contributed by atoms with Crippen molar-refractivity contribution in [1.82, 2.24) is 20.9 Å². The highest BCUT2D eigenvalue weighted by molar-refractivity contribution is 8.04. The number of thioether (sulfide) groups is 1. The second-order valence-electron chi connectivity index (χ2n) is 8.82. The lowest BCUT2D eigenvalue weighted by Gasteiger charge is -2.45. The Hall–Kier alpha value is -2.20. The molecule has 11 heteroatoms. The number of urea groups is 1. The van der Waals surface area contributed by atoms with Crippen molar-refractivity contribution in [2.75, 3.05) is 24.5 Å². The lowest BCUT2D eigenvalue weighted by Crippen LogP contribution is -2.62. The van der Waals surface area contributed by atoms with Gasteiger partial charge in [-0.1, -0.05) is 41.5 Å². The summed E-state index contributed by atoms with van der Waals surface area (Å²) in [6, 6.07) is 4.63. The molecule has 180 valence electrons. The van der Waals surface area contributed by atoms with E-state index in [0.717, 1.165) is 25.8 Å². The van der Waals surface area contributed by atoms with E-state index in [1.54, 1.807) is 28.0 Å². The first-order valence-corrected chi connectivity index (χ1v) is 12.9. The number of hydrogen-bond donors (Lipinski definition) is 3. The minimum Gasteiger partial charge on any atom is -0.347 e. The molecule has 0 bridgehead atoms. The molecule has 4 atom stereocenters. The summed E-state index contributed by atoms with van der Waals surface area (Å²) in [6.07, 6.45) is 3.66. The van der Waals surface area contributed by atoms with Gasteiger partial charge >= 0.3 is 6.03 Å². The first-order valence-electron chi connectivity index (χ1n) is 11.3. The van der Waals surface area contributed by atoms with Gasteiger partial charge in [0.25, 0.3) is 5.91 Å². The van der Waals surface area contributed by atoms with Crippen LogP contribution in [0.1, 0.15) is 19.3 Å². The first kappa shape index (κ1) is 23.5. The fourth-order valence-electron chi connectivity index (χ4n) is 5.23. The lowest BCUT2D eigenvalue weighted by molar-refractivity contribution is -0.128. The number of amides is 4. The van der Waals surface area contributed by atoms with E-state index in [2.05, 4.69) is 22.5 Å². The van der Waals surface area contributed by atoms with E-state index in [1.165, 1.54) is 17.8 Å². The molecule has 34 heavy (non-hydrogen) atoms. The molecule has 0 radical (unpaired) electrons. The van der Waals surface area contributed by atoms with Gasteiger partial charge in [0.15, 0.2) is 0 Å². The molecule has 0 aromatic heterocycles. The molecular formula is C23H25Cl2N5O3S. The standard InChI is InChI=1S/C23H25Cl2N5O3S/c1-2-17(31)29-9-3-4-12(11-29)27-21(32)20-19-18-16(7-8-26-22(18)34-20)30(23(33)28-19)13-5-6-14(24)15(25)10-13/h2,5-6,10,12,16,18,22,26H,1,3-4,7-9,11H2,(H,27,32)(H,28,33)/t12-,16?,18?,22?/m1/s1. The Morgan fingerprint density at radius 2 is 2.06 bits per heavy atom. The van der Waals surface area contributed by atoms with Crippen molar-refractivity contribution in [2.45, 2.75) is 36.7 Å². The summed E-state index contributed by atoms with van der Waals surface area (Å²) in [6.45, 7) is 5.40. The topological polar surface area (TPSA) is 93.8 Å². The maximum absolute atomic E-state index is 13.3. The van der Waals surface area contributed by atoms with E-state index >= 15 is 0 Å². The Balaban J connectivity index is 1.38. The van der Waals surface area contributed by atoms with Gasteiger partial charge in [0, 0.05) is 36.4 Å². The average Bonchev–Trinajstić information content (AvgIpc) is 3.20. The minimum absolute atomic E-state index is 0.0226. The van der Waals surface area contributed by atoms with Crippen molar-refractivity contribution in [3.8, 4) is 0 Å². The zero-order valence-corrected chi connectivity index (χ0v) is 20.7. The van der Waals surface area contributed by atoms with Gasteiger partial charge in [-0.25, -0.2) is 4.79 Å². The van der Waals surface area contributed by atoms with Gasteiger partial charge in [0.2, 0.25) is 5.91 Å². The number of nitrogens with zero attached hydrogens (tertiary/aromatic N) is 2. The van der Waals surface area contributed by atoms with Gasteiger partial charge in [-0.3, -0.25) is 14.5 Å². The van der Waals surface area contributed by atoms with Crippen molar-refractivity contribution in [1.29, 1.82) is 0 Å². The van der Waals surface area contributed by atoms with Crippen LogP contribution in [0.2, 0.25) is 10.0 Å². The van der Waals surface area contributed by atoms with Crippen LogP contribution in [0.3, 0.4) is 0 Å². The molecule has 4 aliphatic rings. The van der Waals surface area contributed by atoms with Crippen molar-refractivity contribution in [3.05, 3.63) is 51.5 Å². The second kappa shape index (κ2) is 9.45. The van der Waals surface area contributed by atoms with Crippen LogP contribution in [0, 0.1) is 5.92 Å². The predicted molar refractivity (Wildman–Crippen MR) is 134 cm³/mol. The molecule has 4 aliphatic heterocycles. The lowest BCUT2D eigenvalue weighted by atomic mass is 9.86. The zero-order valence-electron chi connectivity index (χ0n) is 18.4. The van der Waals surface area contributed by atoms with Crippen LogP contribution in [0.5, 0.6) is 0 Å². The quantitative estimate of drug-likeness (QED) is 0.529. The maximum atomic E-state index is 13.3. The molecule has 4 heterocycles. The Bertz CT molecular complexity index is 1100. The van der Waals surface area contributed by atoms with Crippen LogP contribution in [-0.4, -0.2) is 59.8 Å². The average molecular weight is 522 g/mol. The minimum atomic E-state index is -0.288. The van der Waals surface area contributed by atoms with Crippen molar-refractivity contribution in [3.63, 3.8) is 0 Å². The highest BCUT2D eigenvalue weighted by Crippen LogP contribution is 2.48. The van der Waals surface area contributed by atoms with Gasteiger partial charge in [0.1, 0.15) is 0 Å². The van der Waals surface area contributed by atoms with Gasteiger partial charge in [-0.05, 0) is 50.1 Å². The number of likely N-dealkylation sites (tertiary alicyclic amines) is 1. The number of piperidine rings is 2. The Kier molecular flexibility index (Phi) is 6.54. The summed E-state index contributed by atoms with van der Waals surface area (Å²) in [7, 11) is 0. The van der Waals surface area contributed by atoms with E-state index in [1.807, 2.05) is 0 Å². The molecule has 3 N–H and O–H groups in total. The molecule has 3 saturated heterocycles. The van der Waals surface area contributed by atoms with E-state index < -0.39 is 0 Å². The zero-order chi connectivity index (χ0) is 24.0. The SMILES string of the molecule is C=CC(=O)N1CCC[C@@H](NC(=O)C2=C3NC(=O)N(c4ccc(Cl)c(Cl)c4)C4CCNC(S2)C34)C1. The predicted octanol–water partition coefficient (Wildman–Crippen LogP) is 3.08. The Labute approximate surface area is 212 Å². The van der Waals surface area contributed by atoms with Crippen LogP contribution in [-0.2, 0) is 9.59 Å². The summed E-state index contributed by atoms with van der Waals surface area (Å²) in [4.78, 5) is 42.5. The summed E-state index contributed by atoms with van der Waals surface area (Å²) in [5, 5.41) is 10.3. The van der Waals surface area contributed by atoms with Crippen LogP contribution in [0.15, 0.2) is 41.5 Å². The van der Waals surface area contributed by atoms with Crippen molar-refractivity contribution in [2.24, 2.45) is 5.92 Å². The van der Waals surface area contributed by atoms with Crippen LogP contribution >= 0.6 is 35.0 Å². The number of carbonyl (C=O) groups is 3. The molecule has 1 aromatic carbocycles. The van der Waals surface area contributed by atoms with Crippen molar-refractivity contribution >= 4 is 58.5 Å². The molecule has 8 nitrogen and oxygen atoms in total. The Morgan fingerprint density at radius 3 is 2.82 bits per heavy atom. The molecule has 4 amide bonds. The van der Waals surface area contributed by atoms with E-state index in [9.17, 15) is 14.4 Å². The van der Waals surface area contributed by atoms with Crippen molar-refractivity contribution < 1.29 is 14.4 Å². The fourth-order valence-corrected chi connectivity index (χ4v) is 6.92. The number of rotatable bonds is 4. The third kappa shape index (κ3) is 4.19. The normalized spacial score (nSPS) is 28.4. The molecule has 3 fully saturated rings. The number of anilines is 1. The first-order chi connectivity index (χ1) is 16.4. The number of hydrogen-bond acceptors (Lipinski definition) is 5. The second-order valence-corrected chi connectivity index (χ2v) is 10.8. The third-order valence-electron chi connectivity index (χ3n) is 6.77. The van der Waals surface area contributed by atoms with Gasteiger partial charge in [0.05, 0.1) is 26.4 Å². The van der Waals surface area contributed by atoms with Crippen LogP contribution < -0.4 is 20.9 Å². The molecule has 0 aliphatic carbocycles. The molecule has 3 unspecified atom stereocenters.